The zero-order chi connectivity index (χ0) is 13.6. The monoisotopic (exact) mass is 286 g/mol. The maximum Gasteiger partial charge on any atom is 0.178 e. The molecule has 1 aliphatic heterocycles. The molecule has 3 N–H and O–H groups in total. The van der Waals surface area contributed by atoms with Gasteiger partial charge in [-0.25, -0.2) is 19.0 Å². The Kier molecular flexibility index (Phi) is 3.11. The first-order valence-electron chi connectivity index (χ1n) is 5.60. The van der Waals surface area contributed by atoms with Gasteiger partial charge in [-0.3, -0.25) is 0 Å². The second-order valence-corrected chi connectivity index (χ2v) is 4.61. The lowest BCUT2D eigenvalue weighted by molar-refractivity contribution is -0.0235. The molecule has 0 amide bonds. The average Bonchev–Trinajstić information content (AvgIpc) is 2.93. The van der Waals surface area contributed by atoms with Crippen LogP contribution in [0, 0.1) is 0 Å². The Morgan fingerprint density at radius 1 is 1.26 bits per heavy atom. The maximum absolute atomic E-state index is 9.96. The Balaban J connectivity index is 2.05. The molecule has 3 rings (SSSR count). The molecular weight excluding hydrogens is 276 g/mol. The third-order valence-corrected chi connectivity index (χ3v) is 3.38. The van der Waals surface area contributed by atoms with E-state index in [4.69, 9.17) is 21.6 Å². The number of halogens is 1. The van der Waals surface area contributed by atoms with Crippen LogP contribution in [-0.4, -0.2) is 59.3 Å². The number of aromatic nitrogens is 4. The fourth-order valence-electron chi connectivity index (χ4n) is 2.16. The van der Waals surface area contributed by atoms with Crippen LogP contribution in [-0.2, 0) is 4.74 Å². The van der Waals surface area contributed by atoms with Crippen molar-refractivity contribution in [2.75, 3.05) is 6.61 Å². The van der Waals surface area contributed by atoms with Gasteiger partial charge in [-0.2, -0.15) is 0 Å². The van der Waals surface area contributed by atoms with Gasteiger partial charge >= 0.3 is 0 Å². The molecule has 3 heterocycles. The van der Waals surface area contributed by atoms with Gasteiger partial charge in [-0.05, 0) is 0 Å². The third-order valence-electron chi connectivity index (χ3n) is 3.13. The smallest absolute Gasteiger partial charge is 0.178 e. The minimum absolute atomic E-state index is 0.326. The van der Waals surface area contributed by atoms with E-state index in [9.17, 15) is 10.2 Å². The third kappa shape index (κ3) is 1.88. The molecule has 2 aromatic rings. The van der Waals surface area contributed by atoms with Gasteiger partial charge in [0.1, 0.15) is 48.3 Å². The Hall–Kier alpha value is -1.32. The second-order valence-electron chi connectivity index (χ2n) is 4.25. The van der Waals surface area contributed by atoms with Gasteiger partial charge in [0.2, 0.25) is 0 Å². The number of imidazole rings is 1. The number of nitrogens with zero attached hydrogens (tertiary/aromatic N) is 4. The van der Waals surface area contributed by atoms with Crippen LogP contribution in [0.1, 0.15) is 11.8 Å². The van der Waals surface area contributed by atoms with E-state index in [1.807, 2.05) is 0 Å². The van der Waals surface area contributed by atoms with E-state index in [0.717, 1.165) is 0 Å². The zero-order valence-electron chi connectivity index (χ0n) is 9.59. The molecule has 19 heavy (non-hydrogen) atoms. The molecule has 0 saturated carbocycles. The van der Waals surface area contributed by atoms with Crippen molar-refractivity contribution in [1.82, 2.24) is 19.0 Å². The van der Waals surface area contributed by atoms with Gasteiger partial charge in [0.15, 0.2) is 5.65 Å². The van der Waals surface area contributed by atoms with E-state index in [2.05, 4.69) is 15.0 Å². The van der Waals surface area contributed by atoms with Crippen LogP contribution in [0.4, 0.5) is 0 Å². The number of aliphatic hydroxyl groups excluding tert-OH is 3. The van der Waals surface area contributed by atoms with Gasteiger partial charge in [-0.15, -0.1) is 0 Å². The van der Waals surface area contributed by atoms with E-state index in [-0.39, 0.29) is 0 Å². The highest BCUT2D eigenvalue weighted by Gasteiger charge is 2.44. The molecule has 4 atom stereocenters. The Labute approximate surface area is 112 Å². The first-order chi connectivity index (χ1) is 9.13. The fraction of sp³-hybridized carbons (Fsp3) is 0.500. The topological polar surface area (TPSA) is 114 Å². The van der Waals surface area contributed by atoms with Crippen molar-refractivity contribution in [3.05, 3.63) is 18.3 Å². The lowest BCUT2D eigenvalue weighted by Gasteiger charge is -2.13. The van der Waals surface area contributed by atoms with Crippen LogP contribution in [0.25, 0.3) is 11.2 Å². The van der Waals surface area contributed by atoms with Crippen LogP contribution in [0.5, 0.6) is 0 Å². The largest absolute Gasteiger partial charge is 0.394 e. The summed E-state index contributed by atoms with van der Waals surface area (Å²) in [5.41, 5.74) is 1.09. The quantitative estimate of drug-likeness (QED) is 0.647. The van der Waals surface area contributed by atoms with Crippen molar-refractivity contribution in [2.24, 2.45) is 0 Å². The second kappa shape index (κ2) is 4.66. The van der Waals surface area contributed by atoms with E-state index in [1.54, 1.807) is 0 Å². The van der Waals surface area contributed by atoms with E-state index < -0.39 is 31.0 Å². The highest BCUT2D eigenvalue weighted by atomic mass is 35.5. The molecule has 1 fully saturated rings. The van der Waals surface area contributed by atoms with Crippen LogP contribution in [0.2, 0.25) is 0 Å². The molecule has 0 radical (unpaired) electrons. The molecule has 1 unspecified atom stereocenters. The van der Waals surface area contributed by atoms with Gasteiger partial charge in [0.05, 0.1) is 6.61 Å². The first-order valence-corrected chi connectivity index (χ1v) is 5.94. The SMILES string of the molecule is OC[C@H]1OC(c2ncnc3c2ncn3Cl)[C@H](O)[C@@H]1O. The van der Waals surface area contributed by atoms with Crippen LogP contribution in [0.15, 0.2) is 12.7 Å². The predicted octanol–water partition coefficient (Wildman–Crippen LogP) is -1.02. The Morgan fingerprint density at radius 2 is 2.05 bits per heavy atom. The van der Waals surface area contributed by atoms with Crippen molar-refractivity contribution < 1.29 is 20.1 Å². The minimum Gasteiger partial charge on any atom is -0.394 e. The van der Waals surface area contributed by atoms with Crippen molar-refractivity contribution >= 4 is 22.9 Å². The summed E-state index contributed by atoms with van der Waals surface area (Å²) in [5.74, 6) is 0. The zero-order valence-corrected chi connectivity index (χ0v) is 10.3. The Bertz CT molecular complexity index is 606. The minimum atomic E-state index is -1.20. The van der Waals surface area contributed by atoms with Crippen molar-refractivity contribution in [1.29, 1.82) is 0 Å². The summed E-state index contributed by atoms with van der Waals surface area (Å²) in [4.78, 5) is 12.0. The summed E-state index contributed by atoms with van der Waals surface area (Å²) in [6.07, 6.45) is -1.50. The maximum atomic E-state index is 9.96. The summed E-state index contributed by atoms with van der Waals surface area (Å²) in [6.45, 7) is -0.396. The summed E-state index contributed by atoms with van der Waals surface area (Å²) in [6, 6.07) is 0. The van der Waals surface area contributed by atoms with Gasteiger partial charge in [0, 0.05) is 11.8 Å². The lowest BCUT2D eigenvalue weighted by Crippen LogP contribution is -2.32. The fourth-order valence-corrected chi connectivity index (χ4v) is 2.33. The van der Waals surface area contributed by atoms with Crippen LogP contribution < -0.4 is 0 Å². The molecule has 0 aliphatic carbocycles. The summed E-state index contributed by atoms with van der Waals surface area (Å²) in [5, 5.41) is 28.8. The lowest BCUT2D eigenvalue weighted by atomic mass is 10.1. The van der Waals surface area contributed by atoms with Crippen LogP contribution >= 0.6 is 11.8 Å². The molecule has 0 spiro atoms. The summed E-state index contributed by atoms with van der Waals surface area (Å²) in [7, 11) is 0. The van der Waals surface area contributed by atoms with Gasteiger partial charge in [0.25, 0.3) is 0 Å². The van der Waals surface area contributed by atoms with Crippen molar-refractivity contribution in [2.45, 2.75) is 24.4 Å². The number of hydrogen-bond acceptors (Lipinski definition) is 7. The molecule has 1 aliphatic rings. The van der Waals surface area contributed by atoms with Crippen LogP contribution in [0.3, 0.4) is 0 Å². The number of fused-ring (bicyclic) bond motifs is 1. The molecule has 9 heteroatoms. The van der Waals surface area contributed by atoms with E-state index in [0.29, 0.717) is 16.9 Å². The van der Waals surface area contributed by atoms with Crippen molar-refractivity contribution in [3.63, 3.8) is 0 Å². The molecule has 8 nitrogen and oxygen atoms in total. The molecule has 0 bridgehead atoms. The highest BCUT2D eigenvalue weighted by Crippen LogP contribution is 2.34. The number of rotatable bonds is 2. The molecule has 1 saturated heterocycles. The molecule has 102 valence electrons. The summed E-state index contributed by atoms with van der Waals surface area (Å²) >= 11 is 5.84. The number of ether oxygens (including phenoxy) is 1. The van der Waals surface area contributed by atoms with Gasteiger partial charge < -0.3 is 20.1 Å². The standard InChI is InChI=1S/C10H11ClN4O4/c11-15-3-14-6-5(12-2-13-10(6)15)9-8(18)7(17)4(1-16)19-9/h2-4,7-9,16-18H,1H2/t4-,7-,8-,9?/m1/s1. The Morgan fingerprint density at radius 3 is 2.74 bits per heavy atom. The normalized spacial score (nSPS) is 31.2. The highest BCUT2D eigenvalue weighted by molar-refractivity contribution is 6.18. The molecular formula is C10H11ClN4O4. The van der Waals surface area contributed by atoms with E-state index >= 15 is 0 Å². The molecule has 0 aromatic carbocycles. The van der Waals surface area contributed by atoms with Gasteiger partial charge in [-0.1, -0.05) is 0 Å². The molecule has 2 aromatic heterocycles. The number of hydrogen-bond donors (Lipinski definition) is 3. The summed E-state index contributed by atoms with van der Waals surface area (Å²) < 4.78 is 6.60. The predicted molar refractivity (Wildman–Crippen MR) is 63.3 cm³/mol. The van der Waals surface area contributed by atoms with E-state index in [1.165, 1.54) is 16.7 Å². The number of aliphatic hydroxyl groups is 3. The van der Waals surface area contributed by atoms with Crippen molar-refractivity contribution in [3.8, 4) is 0 Å². The average molecular weight is 287 g/mol. The first kappa shape index (κ1) is 12.7.